The summed E-state index contributed by atoms with van der Waals surface area (Å²) in [7, 11) is 0. The zero-order valence-corrected chi connectivity index (χ0v) is 13.9. The molecule has 0 fully saturated rings. The van der Waals surface area contributed by atoms with Crippen LogP contribution in [0.5, 0.6) is 0 Å². The van der Waals surface area contributed by atoms with E-state index in [0.717, 1.165) is 28.8 Å². The molecule has 0 radical (unpaired) electrons. The third-order valence-electron chi connectivity index (χ3n) is 3.59. The number of anilines is 1. The maximum absolute atomic E-state index is 12.5. The van der Waals surface area contributed by atoms with Crippen molar-refractivity contribution in [3.63, 3.8) is 0 Å². The zero-order valence-electron chi connectivity index (χ0n) is 13.9. The highest BCUT2D eigenvalue weighted by Crippen LogP contribution is 2.25. The first-order valence-corrected chi connectivity index (χ1v) is 7.37. The summed E-state index contributed by atoms with van der Waals surface area (Å²) in [6.07, 6.45) is 0.847. The molecule has 0 aliphatic carbocycles. The van der Waals surface area contributed by atoms with Gasteiger partial charge in [-0.1, -0.05) is 24.6 Å². The van der Waals surface area contributed by atoms with Gasteiger partial charge in [0.15, 0.2) is 0 Å². The van der Waals surface area contributed by atoms with Crippen molar-refractivity contribution in [3.05, 3.63) is 28.8 Å². The van der Waals surface area contributed by atoms with Gasteiger partial charge < -0.3 is 10.6 Å². The Morgan fingerprint density at radius 1 is 1.05 bits per heavy atom. The molecule has 2 N–H and O–H groups in total. The van der Waals surface area contributed by atoms with Crippen LogP contribution in [0.3, 0.4) is 0 Å². The van der Waals surface area contributed by atoms with Gasteiger partial charge >= 0.3 is 0 Å². The van der Waals surface area contributed by atoms with E-state index >= 15 is 0 Å². The first-order chi connectivity index (χ1) is 9.70. The van der Waals surface area contributed by atoms with E-state index in [4.69, 9.17) is 0 Å². The van der Waals surface area contributed by atoms with E-state index in [0.29, 0.717) is 6.54 Å². The maximum Gasteiger partial charge on any atom is 0.239 e. The van der Waals surface area contributed by atoms with Crippen molar-refractivity contribution >= 4 is 17.5 Å². The smallest absolute Gasteiger partial charge is 0.239 e. The Bertz CT molecular complexity index is 525. The molecule has 1 aromatic carbocycles. The first-order valence-electron chi connectivity index (χ1n) is 7.37. The SMILES string of the molecule is CCCNC(=O)C(C)(C)C(=O)Nc1c(C)cc(C)cc1C. The summed E-state index contributed by atoms with van der Waals surface area (Å²) < 4.78 is 0. The Kier molecular flexibility index (Phi) is 5.53. The third-order valence-corrected chi connectivity index (χ3v) is 3.59. The van der Waals surface area contributed by atoms with Crippen molar-refractivity contribution in [3.8, 4) is 0 Å². The second-order valence-corrected chi connectivity index (χ2v) is 6.11. The molecule has 0 heterocycles. The quantitative estimate of drug-likeness (QED) is 0.819. The zero-order chi connectivity index (χ0) is 16.2. The number of hydrogen-bond donors (Lipinski definition) is 2. The Labute approximate surface area is 127 Å². The van der Waals surface area contributed by atoms with Crippen LogP contribution in [0.1, 0.15) is 43.9 Å². The van der Waals surface area contributed by atoms with Crippen LogP contribution < -0.4 is 10.6 Å². The predicted octanol–water partition coefficient (Wildman–Crippen LogP) is 3.10. The highest BCUT2D eigenvalue weighted by molar-refractivity contribution is 6.10. The monoisotopic (exact) mass is 290 g/mol. The lowest BCUT2D eigenvalue weighted by Gasteiger charge is -2.24. The Morgan fingerprint density at radius 2 is 1.57 bits per heavy atom. The minimum Gasteiger partial charge on any atom is -0.355 e. The summed E-state index contributed by atoms with van der Waals surface area (Å²) in [5, 5.41) is 5.68. The molecule has 0 atom stereocenters. The van der Waals surface area contributed by atoms with Crippen molar-refractivity contribution < 1.29 is 9.59 Å². The number of amides is 2. The van der Waals surface area contributed by atoms with Gasteiger partial charge in [-0.3, -0.25) is 9.59 Å². The van der Waals surface area contributed by atoms with E-state index < -0.39 is 5.41 Å². The summed E-state index contributed by atoms with van der Waals surface area (Å²) >= 11 is 0. The van der Waals surface area contributed by atoms with Crippen molar-refractivity contribution in [1.29, 1.82) is 0 Å². The molecule has 0 bridgehead atoms. The van der Waals surface area contributed by atoms with E-state index in [1.807, 2.05) is 39.8 Å². The van der Waals surface area contributed by atoms with Gasteiger partial charge in [0.2, 0.25) is 11.8 Å². The van der Waals surface area contributed by atoms with Gasteiger partial charge in [-0.05, 0) is 52.2 Å². The molecule has 0 spiro atoms. The molecule has 4 nitrogen and oxygen atoms in total. The number of carbonyl (C=O) groups is 2. The molecule has 0 saturated carbocycles. The number of benzene rings is 1. The van der Waals surface area contributed by atoms with E-state index in [9.17, 15) is 9.59 Å². The highest BCUT2D eigenvalue weighted by Gasteiger charge is 2.36. The fourth-order valence-corrected chi connectivity index (χ4v) is 2.21. The molecule has 1 rings (SSSR count). The number of nitrogens with one attached hydrogen (secondary N) is 2. The molecule has 0 unspecified atom stereocenters. The van der Waals surface area contributed by atoms with E-state index in [1.165, 1.54) is 0 Å². The molecule has 0 aromatic heterocycles. The summed E-state index contributed by atoms with van der Waals surface area (Å²) in [4.78, 5) is 24.6. The molecule has 2 amide bonds. The lowest BCUT2D eigenvalue weighted by atomic mass is 9.90. The van der Waals surface area contributed by atoms with Gasteiger partial charge in [-0.25, -0.2) is 0 Å². The van der Waals surface area contributed by atoms with Crippen molar-refractivity contribution in [2.24, 2.45) is 5.41 Å². The molecule has 0 aliphatic heterocycles. The second-order valence-electron chi connectivity index (χ2n) is 6.11. The topological polar surface area (TPSA) is 58.2 Å². The highest BCUT2D eigenvalue weighted by atomic mass is 16.2. The Morgan fingerprint density at radius 3 is 2.05 bits per heavy atom. The fraction of sp³-hybridized carbons (Fsp3) is 0.529. The van der Waals surface area contributed by atoms with Crippen LogP contribution in [-0.2, 0) is 9.59 Å². The molecule has 21 heavy (non-hydrogen) atoms. The van der Waals surface area contributed by atoms with E-state index in [2.05, 4.69) is 10.6 Å². The summed E-state index contributed by atoms with van der Waals surface area (Å²) in [5.74, 6) is -0.532. The van der Waals surface area contributed by atoms with Crippen LogP contribution in [0.15, 0.2) is 12.1 Å². The molecule has 0 aliphatic rings. The lowest BCUT2D eigenvalue weighted by Crippen LogP contribution is -2.45. The number of aryl methyl sites for hydroxylation is 3. The van der Waals surface area contributed by atoms with E-state index in [1.54, 1.807) is 13.8 Å². The van der Waals surface area contributed by atoms with Gasteiger partial charge in [-0.15, -0.1) is 0 Å². The third kappa shape index (κ3) is 4.06. The minimum absolute atomic E-state index is 0.246. The number of carbonyl (C=O) groups excluding carboxylic acids is 2. The summed E-state index contributed by atoms with van der Waals surface area (Å²) in [6, 6.07) is 4.04. The van der Waals surface area contributed by atoms with Gasteiger partial charge in [0.25, 0.3) is 0 Å². The standard InChI is InChI=1S/C17H26N2O2/c1-7-8-18-15(20)17(5,6)16(21)19-14-12(3)9-11(2)10-13(14)4/h9-10H,7-8H2,1-6H3,(H,18,20)(H,19,21). The van der Waals surface area contributed by atoms with Crippen LogP contribution in [0.25, 0.3) is 0 Å². The average molecular weight is 290 g/mol. The molecular weight excluding hydrogens is 264 g/mol. The van der Waals surface area contributed by atoms with Crippen molar-refractivity contribution in [2.45, 2.75) is 48.0 Å². The summed E-state index contributed by atoms with van der Waals surface area (Å²) in [5.41, 5.74) is 2.86. The molecule has 0 saturated heterocycles. The average Bonchev–Trinajstić information content (AvgIpc) is 2.39. The molecular formula is C17H26N2O2. The minimum atomic E-state index is -1.10. The van der Waals surface area contributed by atoms with Crippen LogP contribution in [0, 0.1) is 26.2 Å². The van der Waals surface area contributed by atoms with Gasteiger partial charge in [-0.2, -0.15) is 0 Å². The second kappa shape index (κ2) is 6.74. The Hall–Kier alpha value is -1.84. The van der Waals surface area contributed by atoms with Crippen LogP contribution in [-0.4, -0.2) is 18.4 Å². The summed E-state index contributed by atoms with van der Waals surface area (Å²) in [6.45, 7) is 11.8. The van der Waals surface area contributed by atoms with Crippen LogP contribution in [0.4, 0.5) is 5.69 Å². The number of hydrogen-bond acceptors (Lipinski definition) is 2. The molecule has 1 aromatic rings. The predicted molar refractivity (Wildman–Crippen MR) is 86.4 cm³/mol. The van der Waals surface area contributed by atoms with E-state index in [-0.39, 0.29) is 11.8 Å². The molecule has 116 valence electrons. The number of rotatable bonds is 5. The first kappa shape index (κ1) is 17.2. The molecule has 4 heteroatoms. The lowest BCUT2D eigenvalue weighted by molar-refractivity contribution is -0.138. The van der Waals surface area contributed by atoms with Crippen LogP contribution >= 0.6 is 0 Å². The fourth-order valence-electron chi connectivity index (χ4n) is 2.21. The normalized spacial score (nSPS) is 11.1. The van der Waals surface area contributed by atoms with Gasteiger partial charge in [0, 0.05) is 12.2 Å². The van der Waals surface area contributed by atoms with Gasteiger partial charge in [0.1, 0.15) is 5.41 Å². The van der Waals surface area contributed by atoms with Crippen LogP contribution in [0.2, 0.25) is 0 Å². The Balaban J connectivity index is 2.93. The van der Waals surface area contributed by atoms with Crippen molar-refractivity contribution in [1.82, 2.24) is 5.32 Å². The largest absolute Gasteiger partial charge is 0.355 e. The van der Waals surface area contributed by atoms with Gasteiger partial charge in [0.05, 0.1) is 0 Å². The maximum atomic E-state index is 12.5. The van der Waals surface area contributed by atoms with Crippen molar-refractivity contribution in [2.75, 3.05) is 11.9 Å².